The van der Waals surface area contributed by atoms with E-state index in [1.54, 1.807) is 24.4 Å². The van der Waals surface area contributed by atoms with Gasteiger partial charge in [-0.05, 0) is 30.3 Å². The zero-order valence-corrected chi connectivity index (χ0v) is 13.5. The molecule has 0 atom stereocenters. The molecule has 3 nitrogen and oxygen atoms in total. The average molecular weight is 394 g/mol. The van der Waals surface area contributed by atoms with Crippen LogP contribution in [0.1, 0.15) is 15.9 Å². The number of aromatic nitrogens is 1. The van der Waals surface area contributed by atoms with Crippen molar-refractivity contribution in [3.05, 3.63) is 62.7 Å². The molecule has 100 valence electrons. The number of nitrogen functional groups attached to an aromatic ring is 1. The minimum Gasteiger partial charge on any atom is -0.399 e. The van der Waals surface area contributed by atoms with E-state index in [-0.39, 0.29) is 5.78 Å². The summed E-state index contributed by atoms with van der Waals surface area (Å²) in [6.07, 6.45) is 1.73. The maximum Gasteiger partial charge on any atom is 0.196 e. The van der Waals surface area contributed by atoms with Crippen molar-refractivity contribution in [1.82, 2.24) is 4.98 Å². The minimum absolute atomic E-state index is 0.0673. The lowest BCUT2D eigenvalue weighted by Gasteiger charge is -2.05. The molecule has 2 aromatic carbocycles. The fraction of sp³-hybridized carbons (Fsp3) is 0. The van der Waals surface area contributed by atoms with Crippen molar-refractivity contribution in [3.63, 3.8) is 0 Å². The Morgan fingerprint density at radius 3 is 2.65 bits per heavy atom. The van der Waals surface area contributed by atoms with Crippen molar-refractivity contribution in [1.29, 1.82) is 0 Å². The molecular weight excluding hydrogens is 384 g/mol. The summed E-state index contributed by atoms with van der Waals surface area (Å²) in [6.45, 7) is 0. The summed E-state index contributed by atoms with van der Waals surface area (Å²) >= 11 is 6.89. The molecule has 0 spiro atoms. The van der Waals surface area contributed by atoms with Gasteiger partial charge in [0.25, 0.3) is 0 Å². The van der Waals surface area contributed by atoms with Crippen LogP contribution in [0.25, 0.3) is 10.9 Å². The molecule has 0 aliphatic carbocycles. The van der Waals surface area contributed by atoms with E-state index in [0.717, 1.165) is 19.8 Å². The van der Waals surface area contributed by atoms with Gasteiger partial charge >= 0.3 is 0 Å². The summed E-state index contributed by atoms with van der Waals surface area (Å²) in [7, 11) is 0. The number of rotatable bonds is 2. The molecule has 5 heteroatoms. The lowest BCUT2D eigenvalue weighted by Crippen LogP contribution is -2.03. The SMILES string of the molecule is Nc1ccc(Br)c(C(=O)c2c[nH]c3cccc(Br)c23)c1. The molecule has 3 rings (SSSR count). The summed E-state index contributed by atoms with van der Waals surface area (Å²) in [4.78, 5) is 15.8. The standard InChI is InChI=1S/C15H10Br2N2O/c16-11-5-4-8(18)6-9(11)15(20)10-7-19-13-3-1-2-12(17)14(10)13/h1-7,19H,18H2. The van der Waals surface area contributed by atoms with E-state index in [1.807, 2.05) is 18.2 Å². The molecule has 0 amide bonds. The first-order chi connectivity index (χ1) is 9.58. The van der Waals surface area contributed by atoms with Crippen molar-refractivity contribution in [2.24, 2.45) is 0 Å². The van der Waals surface area contributed by atoms with Gasteiger partial charge in [-0.15, -0.1) is 0 Å². The maximum atomic E-state index is 12.7. The Hall–Kier alpha value is -1.59. The zero-order valence-electron chi connectivity index (χ0n) is 10.3. The van der Waals surface area contributed by atoms with Crippen LogP contribution >= 0.6 is 31.9 Å². The molecule has 3 N–H and O–H groups in total. The van der Waals surface area contributed by atoms with Gasteiger partial charge in [-0.25, -0.2) is 0 Å². The number of benzene rings is 2. The summed E-state index contributed by atoms with van der Waals surface area (Å²) in [5.41, 5.74) is 8.44. The lowest BCUT2D eigenvalue weighted by atomic mass is 10.0. The molecule has 20 heavy (non-hydrogen) atoms. The quantitative estimate of drug-likeness (QED) is 0.497. The van der Waals surface area contributed by atoms with Crippen LogP contribution in [0.3, 0.4) is 0 Å². The van der Waals surface area contributed by atoms with Gasteiger partial charge in [0.15, 0.2) is 5.78 Å². The van der Waals surface area contributed by atoms with Crippen molar-refractivity contribution in [2.75, 3.05) is 5.73 Å². The molecule has 0 bridgehead atoms. The van der Waals surface area contributed by atoms with Crippen molar-refractivity contribution in [3.8, 4) is 0 Å². The van der Waals surface area contributed by atoms with Gasteiger partial charge in [-0.1, -0.05) is 37.9 Å². The number of nitrogens with one attached hydrogen (secondary N) is 1. The number of carbonyl (C=O) groups excluding carboxylic acids is 1. The number of hydrogen-bond donors (Lipinski definition) is 2. The van der Waals surface area contributed by atoms with Crippen LogP contribution in [0.4, 0.5) is 5.69 Å². The highest BCUT2D eigenvalue weighted by Crippen LogP contribution is 2.30. The smallest absolute Gasteiger partial charge is 0.196 e. The van der Waals surface area contributed by atoms with Gasteiger partial charge in [0.05, 0.1) is 0 Å². The number of halogens is 2. The van der Waals surface area contributed by atoms with E-state index in [2.05, 4.69) is 36.8 Å². The monoisotopic (exact) mass is 392 g/mol. The van der Waals surface area contributed by atoms with Crippen LogP contribution in [-0.4, -0.2) is 10.8 Å². The van der Waals surface area contributed by atoms with Gasteiger partial charge in [-0.3, -0.25) is 4.79 Å². The average Bonchev–Trinajstić information content (AvgIpc) is 2.86. The fourth-order valence-electron chi connectivity index (χ4n) is 2.18. The van der Waals surface area contributed by atoms with Gasteiger partial charge < -0.3 is 10.7 Å². The molecule has 3 aromatic rings. The van der Waals surface area contributed by atoms with E-state index >= 15 is 0 Å². The number of carbonyl (C=O) groups is 1. The highest BCUT2D eigenvalue weighted by Gasteiger charge is 2.18. The summed E-state index contributed by atoms with van der Waals surface area (Å²) in [5.74, 6) is -0.0673. The first-order valence-electron chi connectivity index (χ1n) is 5.93. The second kappa shape index (κ2) is 5.07. The summed E-state index contributed by atoms with van der Waals surface area (Å²) in [6, 6.07) is 11.0. The molecule has 0 fully saturated rings. The van der Waals surface area contributed by atoms with E-state index < -0.39 is 0 Å². The predicted molar refractivity (Wildman–Crippen MR) is 88.0 cm³/mol. The molecule has 0 saturated carbocycles. The van der Waals surface area contributed by atoms with Crippen LogP contribution < -0.4 is 5.73 Å². The van der Waals surface area contributed by atoms with Crippen LogP contribution in [0.5, 0.6) is 0 Å². The van der Waals surface area contributed by atoms with Crippen LogP contribution in [0.2, 0.25) is 0 Å². The number of nitrogens with two attached hydrogens (primary N) is 1. The number of anilines is 1. The van der Waals surface area contributed by atoms with Gasteiger partial charge in [0.1, 0.15) is 0 Å². The normalized spacial score (nSPS) is 10.9. The van der Waals surface area contributed by atoms with Crippen molar-refractivity contribution in [2.45, 2.75) is 0 Å². The highest BCUT2D eigenvalue weighted by molar-refractivity contribution is 9.11. The van der Waals surface area contributed by atoms with E-state index in [0.29, 0.717) is 16.8 Å². The number of aromatic amines is 1. The van der Waals surface area contributed by atoms with Crippen molar-refractivity contribution < 1.29 is 4.79 Å². The third kappa shape index (κ3) is 2.17. The number of fused-ring (bicyclic) bond motifs is 1. The molecule has 0 aliphatic rings. The third-order valence-electron chi connectivity index (χ3n) is 3.13. The number of H-pyrrole nitrogens is 1. The second-order valence-electron chi connectivity index (χ2n) is 4.43. The Balaban J connectivity index is 2.21. The van der Waals surface area contributed by atoms with Crippen LogP contribution in [0.15, 0.2) is 51.5 Å². The van der Waals surface area contributed by atoms with Crippen LogP contribution in [-0.2, 0) is 0 Å². The van der Waals surface area contributed by atoms with Gasteiger partial charge in [0.2, 0.25) is 0 Å². The molecule has 0 aliphatic heterocycles. The Kier molecular flexibility index (Phi) is 3.40. The zero-order chi connectivity index (χ0) is 14.3. The first-order valence-corrected chi connectivity index (χ1v) is 7.52. The Labute approximate surface area is 132 Å². The third-order valence-corrected chi connectivity index (χ3v) is 4.49. The molecule has 0 saturated heterocycles. The second-order valence-corrected chi connectivity index (χ2v) is 6.14. The highest BCUT2D eigenvalue weighted by atomic mass is 79.9. The minimum atomic E-state index is -0.0673. The largest absolute Gasteiger partial charge is 0.399 e. The lowest BCUT2D eigenvalue weighted by molar-refractivity contribution is 0.103. The summed E-state index contributed by atoms with van der Waals surface area (Å²) < 4.78 is 1.62. The van der Waals surface area contributed by atoms with Gasteiger partial charge in [0, 0.05) is 42.9 Å². The van der Waals surface area contributed by atoms with E-state index in [9.17, 15) is 4.79 Å². The molecule has 0 radical (unpaired) electrons. The number of hydrogen-bond acceptors (Lipinski definition) is 2. The molecular formula is C15H10Br2N2O. The Morgan fingerprint density at radius 1 is 1.05 bits per heavy atom. The fourth-order valence-corrected chi connectivity index (χ4v) is 3.19. The summed E-state index contributed by atoms with van der Waals surface area (Å²) in [5, 5.41) is 0.881. The Morgan fingerprint density at radius 2 is 1.85 bits per heavy atom. The van der Waals surface area contributed by atoms with Crippen molar-refractivity contribution >= 4 is 54.2 Å². The van der Waals surface area contributed by atoms with Gasteiger partial charge in [-0.2, -0.15) is 0 Å². The molecule has 0 unspecified atom stereocenters. The maximum absolute atomic E-state index is 12.7. The molecule has 1 aromatic heterocycles. The van der Waals surface area contributed by atoms with E-state index in [4.69, 9.17) is 5.73 Å². The predicted octanol–water partition coefficient (Wildman–Crippen LogP) is 4.51. The first kappa shape index (κ1) is 13.4. The topological polar surface area (TPSA) is 58.9 Å². The van der Waals surface area contributed by atoms with Crippen LogP contribution in [0, 0.1) is 0 Å². The van der Waals surface area contributed by atoms with E-state index in [1.165, 1.54) is 0 Å². The Bertz CT molecular complexity index is 824. The molecule has 1 heterocycles. The number of ketones is 1.